The Balaban J connectivity index is 1.78. The average Bonchev–Trinajstić information content (AvgIpc) is 2.83. The minimum absolute atomic E-state index is 0.0142. The second kappa shape index (κ2) is 9.37. The Labute approximate surface area is 213 Å². The lowest BCUT2D eigenvalue weighted by Gasteiger charge is -2.32. The van der Waals surface area contributed by atoms with E-state index in [1.54, 1.807) is 6.92 Å². The van der Waals surface area contributed by atoms with Gasteiger partial charge in [0.15, 0.2) is 5.82 Å². The lowest BCUT2D eigenvalue weighted by atomic mass is 9.95. The molecule has 37 heavy (non-hydrogen) atoms. The molecule has 1 saturated heterocycles. The maximum Gasteiger partial charge on any atom is 0.349 e. The van der Waals surface area contributed by atoms with Gasteiger partial charge in [0, 0.05) is 35.6 Å². The van der Waals surface area contributed by atoms with Gasteiger partial charge < -0.3 is 24.1 Å². The van der Waals surface area contributed by atoms with Crippen molar-refractivity contribution in [1.29, 1.82) is 0 Å². The number of anilines is 1. The minimum Gasteiger partial charge on any atom is -0.508 e. The summed E-state index contributed by atoms with van der Waals surface area (Å²) in [4.78, 5) is 26.6. The van der Waals surface area contributed by atoms with Gasteiger partial charge in [-0.05, 0) is 57.9 Å². The van der Waals surface area contributed by atoms with Crippen molar-refractivity contribution < 1.29 is 18.7 Å². The number of hydrogen-bond acceptors (Lipinski definition) is 8. The first kappa shape index (κ1) is 24.5. The summed E-state index contributed by atoms with van der Waals surface area (Å²) < 4.78 is 26.4. The number of aromatic nitrogens is 2. The smallest absolute Gasteiger partial charge is 0.349 e. The number of aromatic hydroxyl groups is 1. The van der Waals surface area contributed by atoms with Gasteiger partial charge in [-0.25, -0.2) is 9.18 Å². The predicted octanol–water partition coefficient (Wildman–Crippen LogP) is 4.08. The van der Waals surface area contributed by atoms with Crippen molar-refractivity contribution in [2.45, 2.75) is 26.3 Å². The van der Waals surface area contributed by atoms with Crippen LogP contribution in [-0.4, -0.2) is 59.8 Å². The van der Waals surface area contributed by atoms with E-state index in [-0.39, 0.29) is 34.5 Å². The first-order chi connectivity index (χ1) is 17.7. The third kappa shape index (κ3) is 4.23. The second-order valence-corrected chi connectivity index (χ2v) is 9.52. The summed E-state index contributed by atoms with van der Waals surface area (Å²) in [5.41, 5.74) is 0.558. The van der Waals surface area contributed by atoms with Crippen LogP contribution in [0.15, 0.2) is 33.5 Å². The quantitative estimate of drug-likeness (QED) is 0.395. The van der Waals surface area contributed by atoms with Crippen LogP contribution in [0.5, 0.6) is 11.8 Å². The predicted molar refractivity (Wildman–Crippen MR) is 141 cm³/mol. The number of fused-ring (bicyclic) bond motifs is 2. The fourth-order valence-electron chi connectivity index (χ4n) is 4.38. The first-order valence-corrected chi connectivity index (χ1v) is 12.0. The zero-order valence-corrected chi connectivity index (χ0v) is 21.1. The summed E-state index contributed by atoms with van der Waals surface area (Å²) >= 11 is 0. The van der Waals surface area contributed by atoms with Crippen molar-refractivity contribution in [3.63, 3.8) is 0 Å². The molecule has 8 nitrogen and oxygen atoms in total. The van der Waals surface area contributed by atoms with Crippen LogP contribution in [0.2, 0.25) is 0 Å². The van der Waals surface area contributed by atoms with E-state index in [9.17, 15) is 14.3 Å². The molecule has 0 aliphatic carbocycles. The number of likely N-dealkylation sites (N-methyl/N-ethyl adjacent to an activating group) is 1. The molecule has 1 aliphatic heterocycles. The Morgan fingerprint density at radius 1 is 1.27 bits per heavy atom. The van der Waals surface area contributed by atoms with Crippen LogP contribution in [0.1, 0.15) is 24.5 Å². The number of ether oxygens (including phenoxy) is 1. The Kier molecular flexibility index (Phi) is 6.21. The number of aryl methyl sites for hydroxylation is 1. The van der Waals surface area contributed by atoms with Gasteiger partial charge in [0.25, 0.3) is 0 Å². The van der Waals surface area contributed by atoms with Crippen molar-refractivity contribution in [2.24, 2.45) is 0 Å². The number of terminal acetylenes is 1. The maximum absolute atomic E-state index is 14.7. The van der Waals surface area contributed by atoms with Crippen molar-refractivity contribution in [2.75, 3.05) is 38.7 Å². The number of benzene rings is 2. The van der Waals surface area contributed by atoms with Gasteiger partial charge in [0.05, 0.1) is 11.1 Å². The van der Waals surface area contributed by atoms with Gasteiger partial charge in [-0.2, -0.15) is 9.97 Å². The topological polar surface area (TPSA) is 91.9 Å². The van der Waals surface area contributed by atoms with Crippen LogP contribution in [0.3, 0.4) is 0 Å². The Bertz CT molecular complexity index is 1640. The Hall–Kier alpha value is -4.16. The number of phenols is 1. The van der Waals surface area contributed by atoms with Crippen LogP contribution in [0, 0.1) is 25.1 Å². The molecular formula is C28H27FN4O4. The molecule has 0 amide bonds. The third-order valence-corrected chi connectivity index (χ3v) is 6.90. The molecule has 3 heterocycles. The zero-order chi connectivity index (χ0) is 26.4. The second-order valence-electron chi connectivity index (χ2n) is 9.52. The summed E-state index contributed by atoms with van der Waals surface area (Å²) in [6, 6.07) is 5.92. The van der Waals surface area contributed by atoms with E-state index in [1.165, 1.54) is 24.3 Å². The fraction of sp³-hybridized carbons (Fsp3) is 0.321. The molecule has 1 atom stereocenters. The van der Waals surface area contributed by atoms with E-state index < -0.39 is 11.4 Å². The molecule has 2 aromatic heterocycles. The molecule has 4 aromatic rings. The summed E-state index contributed by atoms with van der Waals surface area (Å²) in [6.07, 6.45) is 6.63. The molecule has 1 N–H and O–H groups in total. The van der Waals surface area contributed by atoms with E-state index in [1.807, 2.05) is 30.8 Å². The van der Waals surface area contributed by atoms with Gasteiger partial charge in [-0.15, -0.1) is 6.42 Å². The number of phenolic OH excluding ortho intramolecular Hbond substituents is 1. The number of rotatable bonds is 6. The van der Waals surface area contributed by atoms with E-state index in [0.717, 1.165) is 19.5 Å². The number of hydrogen-bond donors (Lipinski definition) is 1. The highest BCUT2D eigenvalue weighted by molar-refractivity contribution is 6.03. The summed E-state index contributed by atoms with van der Waals surface area (Å²) in [5.74, 6) is 2.33. The zero-order valence-electron chi connectivity index (χ0n) is 21.1. The molecule has 0 radical (unpaired) electrons. The fourth-order valence-corrected chi connectivity index (χ4v) is 4.38. The van der Waals surface area contributed by atoms with Crippen molar-refractivity contribution in [3.8, 4) is 35.4 Å². The molecule has 0 bridgehead atoms. The van der Waals surface area contributed by atoms with Gasteiger partial charge >= 0.3 is 11.6 Å². The van der Waals surface area contributed by atoms with Crippen LogP contribution in [-0.2, 0) is 0 Å². The Morgan fingerprint density at radius 3 is 2.68 bits per heavy atom. The highest BCUT2D eigenvalue weighted by Crippen LogP contribution is 2.39. The van der Waals surface area contributed by atoms with Crippen LogP contribution in [0.4, 0.5) is 10.2 Å². The molecule has 5 rings (SSSR count). The van der Waals surface area contributed by atoms with Crippen molar-refractivity contribution in [3.05, 3.63) is 51.6 Å². The van der Waals surface area contributed by atoms with Gasteiger partial charge in [0.2, 0.25) is 0 Å². The van der Waals surface area contributed by atoms with E-state index in [0.29, 0.717) is 39.8 Å². The van der Waals surface area contributed by atoms with E-state index in [4.69, 9.17) is 15.6 Å². The molecule has 0 saturated carbocycles. The van der Waals surface area contributed by atoms with Crippen LogP contribution >= 0.6 is 0 Å². The molecule has 1 fully saturated rings. The molecule has 0 unspecified atom stereocenters. The lowest BCUT2D eigenvalue weighted by molar-refractivity contribution is 0.188. The molecule has 0 spiro atoms. The third-order valence-electron chi connectivity index (χ3n) is 6.90. The molecule has 190 valence electrons. The number of halogens is 1. The minimum atomic E-state index is -0.638. The Morgan fingerprint density at radius 2 is 2.03 bits per heavy atom. The van der Waals surface area contributed by atoms with Gasteiger partial charge in [-0.3, -0.25) is 0 Å². The van der Waals surface area contributed by atoms with Crippen LogP contribution < -0.4 is 15.3 Å². The van der Waals surface area contributed by atoms with E-state index >= 15 is 0 Å². The summed E-state index contributed by atoms with van der Waals surface area (Å²) in [5, 5.41) is 11.5. The highest BCUT2D eigenvalue weighted by Gasteiger charge is 2.27. The molecule has 2 aromatic carbocycles. The SMILES string of the molecule is C#Cc1c(F)ccc2cc(O)cc(-c3oc(=O)c4c(N5CCC5)nc(OC[C@H](C)N(C)C)nc4c3C)c12. The van der Waals surface area contributed by atoms with E-state index in [2.05, 4.69) is 15.9 Å². The first-order valence-electron chi connectivity index (χ1n) is 12.0. The molecule has 1 aliphatic rings. The largest absolute Gasteiger partial charge is 0.508 e. The highest BCUT2D eigenvalue weighted by atomic mass is 19.1. The monoisotopic (exact) mass is 502 g/mol. The van der Waals surface area contributed by atoms with Gasteiger partial charge in [0.1, 0.15) is 29.3 Å². The van der Waals surface area contributed by atoms with Gasteiger partial charge in [-0.1, -0.05) is 12.0 Å². The maximum atomic E-state index is 14.7. The normalized spacial score (nSPS) is 14.1. The van der Waals surface area contributed by atoms with Crippen LogP contribution in [0.25, 0.3) is 33.0 Å². The molecular weight excluding hydrogens is 475 g/mol. The molecule has 9 heteroatoms. The summed E-state index contributed by atoms with van der Waals surface area (Å²) in [7, 11) is 3.91. The number of nitrogens with zero attached hydrogens (tertiary/aromatic N) is 4. The van der Waals surface area contributed by atoms with Crippen molar-refractivity contribution >= 4 is 27.5 Å². The average molecular weight is 503 g/mol. The summed E-state index contributed by atoms with van der Waals surface area (Å²) in [6.45, 7) is 5.63. The van der Waals surface area contributed by atoms with Crippen molar-refractivity contribution in [1.82, 2.24) is 14.9 Å². The lowest BCUT2D eigenvalue weighted by Crippen LogP contribution is -2.38. The standard InChI is InChI=1S/C28H27FN4O4/c1-6-19-21(29)9-8-17-12-18(34)13-20(22(17)19)25-16(3)24-23(27(35)37-25)26(33-10-7-11-33)31-28(30-24)36-14-15(2)32(4)5/h1,8-9,12-13,15,34H,7,10-11,14H2,2-5H3/t15-/m0/s1.